The SMILES string of the molecule is N#Cc1c[nH]c(=O)c2cc(Cl)sc12. The predicted octanol–water partition coefficient (Wildman–Crippen LogP) is 2.11. The molecule has 0 amide bonds. The fourth-order valence-electron chi connectivity index (χ4n) is 1.09. The highest BCUT2D eigenvalue weighted by Crippen LogP contribution is 2.28. The van der Waals surface area contributed by atoms with Crippen LogP contribution in [0.25, 0.3) is 10.1 Å². The zero-order chi connectivity index (χ0) is 9.42. The first-order valence-corrected chi connectivity index (χ1v) is 4.62. The number of nitriles is 1. The Kier molecular flexibility index (Phi) is 1.83. The zero-order valence-corrected chi connectivity index (χ0v) is 7.87. The lowest BCUT2D eigenvalue weighted by Gasteiger charge is -1.89. The third-order valence-electron chi connectivity index (χ3n) is 1.66. The molecule has 0 saturated heterocycles. The van der Waals surface area contributed by atoms with Gasteiger partial charge in [-0.1, -0.05) is 11.6 Å². The Morgan fingerprint density at radius 1 is 1.62 bits per heavy atom. The normalized spacial score (nSPS) is 10.2. The number of hydrogen-bond donors (Lipinski definition) is 1. The summed E-state index contributed by atoms with van der Waals surface area (Å²) < 4.78 is 1.17. The van der Waals surface area contributed by atoms with Crippen LogP contribution >= 0.6 is 22.9 Å². The topological polar surface area (TPSA) is 56.6 Å². The van der Waals surface area contributed by atoms with Gasteiger partial charge in [0.15, 0.2) is 0 Å². The molecule has 2 aromatic heterocycles. The maximum Gasteiger partial charge on any atom is 0.256 e. The Morgan fingerprint density at radius 3 is 3.08 bits per heavy atom. The number of thiophene rings is 1. The lowest BCUT2D eigenvalue weighted by Crippen LogP contribution is -2.03. The molecule has 0 aromatic carbocycles. The summed E-state index contributed by atoms with van der Waals surface area (Å²) in [5, 5.41) is 9.21. The van der Waals surface area contributed by atoms with E-state index < -0.39 is 0 Å². The molecule has 0 bridgehead atoms. The van der Waals surface area contributed by atoms with Gasteiger partial charge in [0.2, 0.25) is 0 Å². The monoisotopic (exact) mass is 210 g/mol. The number of aromatic amines is 1. The third kappa shape index (κ3) is 1.22. The average Bonchev–Trinajstić information content (AvgIpc) is 2.48. The number of pyridine rings is 1. The summed E-state index contributed by atoms with van der Waals surface area (Å²) >= 11 is 6.98. The number of hydrogen-bond acceptors (Lipinski definition) is 3. The fraction of sp³-hybridized carbons (Fsp3) is 0. The van der Waals surface area contributed by atoms with Crippen LogP contribution in [0.3, 0.4) is 0 Å². The Hall–Kier alpha value is -1.31. The van der Waals surface area contributed by atoms with Crippen LogP contribution in [0.2, 0.25) is 4.34 Å². The van der Waals surface area contributed by atoms with Crippen LogP contribution in [-0.4, -0.2) is 4.98 Å². The highest BCUT2D eigenvalue weighted by Gasteiger charge is 2.07. The van der Waals surface area contributed by atoms with Gasteiger partial charge in [0.1, 0.15) is 6.07 Å². The molecular weight excluding hydrogens is 208 g/mol. The molecule has 0 aliphatic rings. The molecule has 5 heteroatoms. The van der Waals surface area contributed by atoms with Gasteiger partial charge < -0.3 is 4.98 Å². The zero-order valence-electron chi connectivity index (χ0n) is 6.30. The van der Waals surface area contributed by atoms with Gasteiger partial charge in [0, 0.05) is 6.20 Å². The van der Waals surface area contributed by atoms with Crippen molar-refractivity contribution in [2.75, 3.05) is 0 Å². The van der Waals surface area contributed by atoms with E-state index in [1.165, 1.54) is 17.5 Å². The Labute approximate surface area is 82.2 Å². The van der Waals surface area contributed by atoms with Gasteiger partial charge in [-0.05, 0) is 6.07 Å². The molecule has 2 heterocycles. The van der Waals surface area contributed by atoms with Gasteiger partial charge in [0.05, 0.1) is 20.0 Å². The minimum Gasteiger partial charge on any atom is -0.327 e. The quantitative estimate of drug-likeness (QED) is 0.724. The van der Waals surface area contributed by atoms with Crippen molar-refractivity contribution >= 4 is 33.0 Å². The van der Waals surface area contributed by atoms with E-state index in [0.29, 0.717) is 20.0 Å². The molecule has 64 valence electrons. The van der Waals surface area contributed by atoms with Crippen LogP contribution in [0.5, 0.6) is 0 Å². The van der Waals surface area contributed by atoms with Gasteiger partial charge in [-0.2, -0.15) is 5.26 Å². The molecule has 0 atom stereocenters. The summed E-state index contributed by atoms with van der Waals surface area (Å²) in [6, 6.07) is 3.56. The van der Waals surface area contributed by atoms with Gasteiger partial charge in [-0.15, -0.1) is 11.3 Å². The maximum atomic E-state index is 11.2. The summed E-state index contributed by atoms with van der Waals surface area (Å²) in [5.41, 5.74) is 0.239. The minimum absolute atomic E-state index is 0.211. The van der Waals surface area contributed by atoms with Crippen LogP contribution < -0.4 is 5.56 Å². The summed E-state index contributed by atoms with van der Waals surface area (Å²) in [7, 11) is 0. The molecule has 0 aliphatic carbocycles. The van der Waals surface area contributed by atoms with E-state index in [2.05, 4.69) is 4.98 Å². The van der Waals surface area contributed by atoms with E-state index in [0.717, 1.165) is 0 Å². The van der Waals surface area contributed by atoms with Crippen LogP contribution in [0.1, 0.15) is 5.56 Å². The molecule has 1 N–H and O–H groups in total. The molecule has 2 rings (SSSR count). The number of aromatic nitrogens is 1. The Morgan fingerprint density at radius 2 is 2.38 bits per heavy atom. The highest BCUT2D eigenvalue weighted by atomic mass is 35.5. The molecule has 0 fully saturated rings. The largest absolute Gasteiger partial charge is 0.327 e. The van der Waals surface area contributed by atoms with E-state index >= 15 is 0 Å². The molecule has 0 radical (unpaired) electrons. The van der Waals surface area contributed by atoms with E-state index in [4.69, 9.17) is 16.9 Å². The van der Waals surface area contributed by atoms with Crippen LogP contribution in [0.15, 0.2) is 17.1 Å². The summed E-state index contributed by atoms with van der Waals surface area (Å²) in [6.45, 7) is 0. The van der Waals surface area contributed by atoms with Crippen molar-refractivity contribution in [3.8, 4) is 6.07 Å². The standard InChI is InChI=1S/C8H3ClN2OS/c9-6-1-5-7(13-6)4(2-10)3-11-8(5)12/h1,3H,(H,11,12). The van der Waals surface area contributed by atoms with Crippen molar-refractivity contribution in [3.63, 3.8) is 0 Å². The van der Waals surface area contributed by atoms with Crippen molar-refractivity contribution in [2.45, 2.75) is 0 Å². The fourth-order valence-corrected chi connectivity index (χ4v) is 2.28. The minimum atomic E-state index is -0.211. The molecule has 0 saturated carbocycles. The molecular formula is C8H3ClN2OS. The van der Waals surface area contributed by atoms with Crippen molar-refractivity contribution in [1.82, 2.24) is 4.98 Å². The lowest BCUT2D eigenvalue weighted by molar-refractivity contribution is 1.27. The molecule has 2 aromatic rings. The third-order valence-corrected chi connectivity index (χ3v) is 2.96. The molecule has 0 aliphatic heterocycles. The second-order valence-corrected chi connectivity index (χ2v) is 4.12. The van der Waals surface area contributed by atoms with E-state index in [1.807, 2.05) is 6.07 Å². The Bertz CT molecular complexity index is 564. The summed E-state index contributed by atoms with van der Waals surface area (Å²) in [6.07, 6.45) is 1.40. The number of rotatable bonds is 0. The predicted molar refractivity (Wildman–Crippen MR) is 52.2 cm³/mol. The lowest BCUT2D eigenvalue weighted by atomic mass is 10.2. The van der Waals surface area contributed by atoms with E-state index in [-0.39, 0.29) is 5.56 Å². The number of nitrogens with one attached hydrogen (secondary N) is 1. The average molecular weight is 211 g/mol. The highest BCUT2D eigenvalue weighted by molar-refractivity contribution is 7.22. The smallest absolute Gasteiger partial charge is 0.256 e. The van der Waals surface area contributed by atoms with Gasteiger partial charge in [0.25, 0.3) is 5.56 Å². The van der Waals surface area contributed by atoms with Gasteiger partial charge in [-0.25, -0.2) is 0 Å². The first-order chi connectivity index (χ1) is 6.22. The van der Waals surface area contributed by atoms with Gasteiger partial charge >= 0.3 is 0 Å². The number of fused-ring (bicyclic) bond motifs is 1. The van der Waals surface area contributed by atoms with Crippen LogP contribution in [0, 0.1) is 11.3 Å². The van der Waals surface area contributed by atoms with Gasteiger partial charge in [-0.3, -0.25) is 4.79 Å². The molecule has 0 spiro atoms. The van der Waals surface area contributed by atoms with Crippen molar-refractivity contribution in [1.29, 1.82) is 5.26 Å². The number of H-pyrrole nitrogens is 1. The molecule has 13 heavy (non-hydrogen) atoms. The maximum absolute atomic E-state index is 11.2. The van der Waals surface area contributed by atoms with Crippen molar-refractivity contribution < 1.29 is 0 Å². The summed E-state index contributed by atoms with van der Waals surface area (Å²) in [5.74, 6) is 0. The second kappa shape index (κ2) is 2.87. The summed E-state index contributed by atoms with van der Waals surface area (Å²) in [4.78, 5) is 13.7. The van der Waals surface area contributed by atoms with Crippen LogP contribution in [-0.2, 0) is 0 Å². The van der Waals surface area contributed by atoms with Crippen molar-refractivity contribution in [2.24, 2.45) is 0 Å². The van der Waals surface area contributed by atoms with E-state index in [1.54, 1.807) is 6.07 Å². The second-order valence-electron chi connectivity index (χ2n) is 2.44. The first kappa shape index (κ1) is 8.30. The number of nitrogens with zero attached hydrogens (tertiary/aromatic N) is 1. The molecule has 0 unspecified atom stereocenters. The Balaban J connectivity index is 3.02. The first-order valence-electron chi connectivity index (χ1n) is 3.43. The van der Waals surface area contributed by atoms with Crippen LogP contribution in [0.4, 0.5) is 0 Å². The number of halogens is 1. The van der Waals surface area contributed by atoms with E-state index in [9.17, 15) is 4.79 Å². The van der Waals surface area contributed by atoms with Crippen molar-refractivity contribution in [3.05, 3.63) is 32.5 Å². The molecule has 3 nitrogen and oxygen atoms in total.